The van der Waals surface area contributed by atoms with Crippen LogP contribution < -0.4 is 10.6 Å². The normalized spacial score (nSPS) is 12.8. The maximum atomic E-state index is 12.8. The maximum Gasteiger partial charge on any atom is 0.338 e. The number of nitrogens with zero attached hydrogens (tertiary/aromatic N) is 1. The summed E-state index contributed by atoms with van der Waals surface area (Å²) in [6.45, 7) is 9.08. The van der Waals surface area contributed by atoms with Crippen molar-refractivity contribution in [3.8, 4) is 11.3 Å². The number of carbonyl (C=O) groups excluding carboxylic acids is 4. The van der Waals surface area contributed by atoms with Gasteiger partial charge in [-0.2, -0.15) is 0 Å². The van der Waals surface area contributed by atoms with Crippen molar-refractivity contribution in [3.63, 3.8) is 0 Å². The maximum absolute atomic E-state index is 12.8. The van der Waals surface area contributed by atoms with Crippen LogP contribution in [0, 0.1) is 5.92 Å². The van der Waals surface area contributed by atoms with Crippen LogP contribution in [0.15, 0.2) is 40.8 Å². The van der Waals surface area contributed by atoms with Gasteiger partial charge in [0.1, 0.15) is 11.4 Å². The minimum atomic E-state index is -0.658. The molecule has 0 bridgehead atoms. The molecule has 2 aromatic rings. The Hall–Kier alpha value is -3.66. The smallest absolute Gasteiger partial charge is 0.338 e. The third-order valence-corrected chi connectivity index (χ3v) is 5.93. The zero-order valence-electron chi connectivity index (χ0n) is 22.8. The number of hydrogen-bond acceptors (Lipinski definition) is 7. The first-order valence-electron chi connectivity index (χ1n) is 12.9. The van der Waals surface area contributed by atoms with E-state index in [1.165, 1.54) is 6.07 Å². The minimum absolute atomic E-state index is 0.0545. The van der Waals surface area contributed by atoms with Crippen LogP contribution in [-0.4, -0.2) is 52.8 Å². The molecule has 3 amide bonds. The van der Waals surface area contributed by atoms with Crippen LogP contribution in [0.25, 0.3) is 11.3 Å². The molecule has 2 unspecified atom stereocenters. The summed E-state index contributed by atoms with van der Waals surface area (Å²) in [7, 11) is 0. The second kappa shape index (κ2) is 14.3. The second-order valence-corrected chi connectivity index (χ2v) is 10.0. The predicted octanol–water partition coefficient (Wildman–Crippen LogP) is 4.53. The van der Waals surface area contributed by atoms with Crippen molar-refractivity contribution < 1.29 is 33.5 Å². The van der Waals surface area contributed by atoms with Gasteiger partial charge in [-0.1, -0.05) is 45.2 Å². The second-order valence-electron chi connectivity index (χ2n) is 10.0. The summed E-state index contributed by atoms with van der Waals surface area (Å²) < 4.78 is 11.0. The lowest BCUT2D eigenvalue weighted by molar-refractivity contribution is -0.168. The standard InChI is InChI=1S/C28H39N3O7/c1-6-8-9-10-21(22(7-2)31(36)18-32)25(33)29-17-30-26(34)24-16-15-23(37-24)19-11-13-20(14-12-19)27(35)38-28(3,4)5/h11-16,18,21-22,36H,6-10,17H2,1-5H3,(H,29,33)(H,30,34). The lowest BCUT2D eigenvalue weighted by Gasteiger charge is -2.29. The number of benzene rings is 1. The van der Waals surface area contributed by atoms with Gasteiger partial charge in [0.25, 0.3) is 5.91 Å². The van der Waals surface area contributed by atoms with E-state index < -0.39 is 29.4 Å². The molecule has 0 spiro atoms. The molecule has 0 radical (unpaired) electrons. The van der Waals surface area contributed by atoms with Gasteiger partial charge in [-0.05, 0) is 57.9 Å². The van der Waals surface area contributed by atoms with Crippen LogP contribution in [0.4, 0.5) is 0 Å². The number of carbonyl (C=O) groups is 4. The van der Waals surface area contributed by atoms with Gasteiger partial charge in [0.15, 0.2) is 5.76 Å². The fourth-order valence-electron chi connectivity index (χ4n) is 4.00. The summed E-state index contributed by atoms with van der Waals surface area (Å²) >= 11 is 0. The van der Waals surface area contributed by atoms with Crippen molar-refractivity contribution in [2.75, 3.05) is 6.67 Å². The summed E-state index contributed by atoms with van der Waals surface area (Å²) in [5.41, 5.74) is 0.481. The van der Waals surface area contributed by atoms with Gasteiger partial charge in [0.2, 0.25) is 12.3 Å². The zero-order chi connectivity index (χ0) is 28.3. The molecule has 1 aromatic carbocycles. The average Bonchev–Trinajstić information content (AvgIpc) is 3.37. The van der Waals surface area contributed by atoms with Gasteiger partial charge in [-0.3, -0.25) is 19.6 Å². The molecular formula is C28H39N3O7. The molecule has 0 aliphatic carbocycles. The molecule has 0 fully saturated rings. The Labute approximate surface area is 223 Å². The van der Waals surface area contributed by atoms with Crippen molar-refractivity contribution in [1.29, 1.82) is 0 Å². The SMILES string of the molecule is CCCCCC(C(=O)NCNC(=O)c1ccc(-c2ccc(C(=O)OC(C)(C)C)cc2)o1)C(CC)N(O)C=O. The summed E-state index contributed by atoms with van der Waals surface area (Å²) in [5.74, 6) is -1.43. The highest BCUT2D eigenvalue weighted by molar-refractivity contribution is 5.93. The van der Waals surface area contributed by atoms with Crippen molar-refractivity contribution in [2.24, 2.45) is 5.92 Å². The summed E-state index contributed by atoms with van der Waals surface area (Å²) in [6.07, 6.45) is 3.88. The van der Waals surface area contributed by atoms with Gasteiger partial charge in [0.05, 0.1) is 24.2 Å². The Morgan fingerprint density at radius 3 is 2.32 bits per heavy atom. The molecular weight excluding hydrogens is 490 g/mol. The first-order valence-corrected chi connectivity index (χ1v) is 12.9. The molecule has 2 rings (SSSR count). The van der Waals surface area contributed by atoms with Crippen molar-refractivity contribution in [1.82, 2.24) is 15.7 Å². The Kier molecular flexibility index (Phi) is 11.5. The van der Waals surface area contributed by atoms with E-state index in [2.05, 4.69) is 10.6 Å². The van der Waals surface area contributed by atoms with Crippen LogP contribution in [-0.2, 0) is 14.3 Å². The van der Waals surface area contributed by atoms with Gasteiger partial charge < -0.3 is 19.8 Å². The van der Waals surface area contributed by atoms with Crippen LogP contribution in [0.1, 0.15) is 87.6 Å². The topological polar surface area (TPSA) is 138 Å². The fourth-order valence-corrected chi connectivity index (χ4v) is 4.00. The minimum Gasteiger partial charge on any atom is -0.456 e. The van der Waals surface area contributed by atoms with Crippen LogP contribution >= 0.6 is 0 Å². The van der Waals surface area contributed by atoms with E-state index in [1.54, 1.807) is 58.0 Å². The predicted molar refractivity (Wildman–Crippen MR) is 141 cm³/mol. The van der Waals surface area contributed by atoms with Crippen molar-refractivity contribution >= 4 is 24.2 Å². The Morgan fingerprint density at radius 2 is 1.74 bits per heavy atom. The van der Waals surface area contributed by atoms with Crippen LogP contribution in [0.3, 0.4) is 0 Å². The van der Waals surface area contributed by atoms with Gasteiger partial charge in [0, 0.05) is 5.56 Å². The highest BCUT2D eigenvalue weighted by Gasteiger charge is 2.30. The molecule has 208 valence electrons. The van der Waals surface area contributed by atoms with E-state index in [0.29, 0.717) is 41.2 Å². The van der Waals surface area contributed by atoms with E-state index in [1.807, 2.05) is 6.92 Å². The molecule has 0 aliphatic heterocycles. The number of esters is 1. The van der Waals surface area contributed by atoms with E-state index in [9.17, 15) is 24.4 Å². The Balaban J connectivity index is 1.97. The van der Waals surface area contributed by atoms with Gasteiger partial charge >= 0.3 is 5.97 Å². The molecule has 0 saturated carbocycles. The lowest BCUT2D eigenvalue weighted by atomic mass is 9.90. The monoisotopic (exact) mass is 529 g/mol. The van der Waals surface area contributed by atoms with E-state index >= 15 is 0 Å². The summed E-state index contributed by atoms with van der Waals surface area (Å²) in [4.78, 5) is 48.7. The van der Waals surface area contributed by atoms with E-state index in [0.717, 1.165) is 19.3 Å². The summed E-state index contributed by atoms with van der Waals surface area (Å²) in [6, 6.07) is 9.15. The highest BCUT2D eigenvalue weighted by atomic mass is 16.6. The van der Waals surface area contributed by atoms with Crippen molar-refractivity contribution in [3.05, 3.63) is 47.7 Å². The van der Waals surface area contributed by atoms with Crippen LogP contribution in [0.2, 0.25) is 0 Å². The zero-order valence-corrected chi connectivity index (χ0v) is 22.8. The molecule has 10 heteroatoms. The van der Waals surface area contributed by atoms with Gasteiger partial charge in [-0.15, -0.1) is 0 Å². The highest BCUT2D eigenvalue weighted by Crippen LogP contribution is 2.24. The van der Waals surface area contributed by atoms with E-state index in [4.69, 9.17) is 9.15 Å². The molecule has 0 saturated heterocycles. The molecule has 2 atom stereocenters. The number of hydroxylamine groups is 2. The molecule has 38 heavy (non-hydrogen) atoms. The first-order chi connectivity index (χ1) is 18.0. The Morgan fingerprint density at radius 1 is 1.05 bits per heavy atom. The van der Waals surface area contributed by atoms with Crippen LogP contribution in [0.5, 0.6) is 0 Å². The number of hydrogen-bond donors (Lipinski definition) is 3. The average molecular weight is 530 g/mol. The first kappa shape index (κ1) is 30.6. The lowest BCUT2D eigenvalue weighted by Crippen LogP contribution is -2.47. The number of nitrogens with one attached hydrogen (secondary N) is 2. The van der Waals surface area contributed by atoms with Gasteiger partial charge in [-0.25, -0.2) is 9.86 Å². The van der Waals surface area contributed by atoms with E-state index in [-0.39, 0.29) is 18.3 Å². The molecule has 1 aromatic heterocycles. The molecule has 1 heterocycles. The van der Waals surface area contributed by atoms with Crippen molar-refractivity contribution in [2.45, 2.75) is 78.4 Å². The third kappa shape index (κ3) is 9.02. The molecule has 3 N–H and O–H groups in total. The number of amides is 3. The number of unbranched alkanes of at least 4 members (excludes halogenated alkanes) is 2. The fraction of sp³-hybridized carbons (Fsp3) is 0.500. The summed E-state index contributed by atoms with van der Waals surface area (Å²) in [5, 5.41) is 15.7. The third-order valence-electron chi connectivity index (χ3n) is 5.93. The Bertz CT molecular complexity index is 1070. The molecule has 10 nitrogen and oxygen atoms in total. The number of ether oxygens (including phenoxy) is 1. The number of rotatable bonds is 14. The quantitative estimate of drug-likeness (QED) is 0.0816. The number of furan rings is 1. The molecule has 0 aliphatic rings. The largest absolute Gasteiger partial charge is 0.456 e.